The van der Waals surface area contributed by atoms with E-state index in [0.29, 0.717) is 45.1 Å². The molecule has 206 valence electrons. The number of nitrogens with one attached hydrogen (secondary N) is 1. The first-order valence-electron chi connectivity index (χ1n) is 13.0. The van der Waals surface area contributed by atoms with Crippen molar-refractivity contribution in [3.63, 3.8) is 0 Å². The number of nitrogens with zero attached hydrogens (tertiary/aromatic N) is 6. The Morgan fingerprint density at radius 2 is 1.85 bits per heavy atom. The van der Waals surface area contributed by atoms with E-state index >= 15 is 0 Å². The lowest BCUT2D eigenvalue weighted by molar-refractivity contribution is -0.121. The summed E-state index contributed by atoms with van der Waals surface area (Å²) < 4.78 is 1.84. The van der Waals surface area contributed by atoms with Gasteiger partial charge >= 0.3 is 5.97 Å². The molecule has 0 saturated carbocycles. The van der Waals surface area contributed by atoms with Crippen LogP contribution in [0.2, 0.25) is 5.02 Å². The summed E-state index contributed by atoms with van der Waals surface area (Å²) in [5, 5.41) is 22.9. The number of likely N-dealkylation sites (N-methyl/N-ethyl adjacent to an activating group) is 1. The number of fused-ring (bicyclic) bond motifs is 3. The minimum absolute atomic E-state index is 0.101. The number of hydrogen-bond donors (Lipinski definition) is 2. The summed E-state index contributed by atoms with van der Waals surface area (Å²) in [5.74, 6) is 0.0110. The Morgan fingerprint density at radius 3 is 2.54 bits per heavy atom. The van der Waals surface area contributed by atoms with Crippen LogP contribution in [0.25, 0.3) is 5.00 Å². The van der Waals surface area contributed by atoms with Crippen LogP contribution in [0.15, 0.2) is 29.3 Å². The SMILES string of the molecule is Cc1c(C(=O)O)sc2c1C(c1ccc(Cl)cc1)=N[C@H](CC(=O)NCCCN1CCN(C)CC1)c1nnc(C)n1-2. The van der Waals surface area contributed by atoms with Crippen LogP contribution in [-0.4, -0.2) is 93.6 Å². The average Bonchev–Trinajstić information content (AvgIpc) is 3.41. The monoisotopic (exact) mass is 569 g/mol. The Hall–Kier alpha value is -3.12. The van der Waals surface area contributed by atoms with Crippen molar-refractivity contribution in [1.29, 1.82) is 0 Å². The zero-order valence-electron chi connectivity index (χ0n) is 22.3. The third kappa shape index (κ3) is 5.76. The minimum Gasteiger partial charge on any atom is -0.477 e. The second kappa shape index (κ2) is 11.5. The molecule has 1 saturated heterocycles. The zero-order valence-corrected chi connectivity index (χ0v) is 23.8. The zero-order chi connectivity index (χ0) is 27.7. The number of amides is 1. The lowest BCUT2D eigenvalue weighted by atomic mass is 9.99. The van der Waals surface area contributed by atoms with Gasteiger partial charge in [0, 0.05) is 48.9 Å². The molecular formula is C27H32ClN7O3S. The van der Waals surface area contributed by atoms with Gasteiger partial charge in [0.2, 0.25) is 5.91 Å². The molecule has 2 aliphatic heterocycles. The van der Waals surface area contributed by atoms with Gasteiger partial charge in [0.25, 0.3) is 0 Å². The highest BCUT2D eigenvalue weighted by molar-refractivity contribution is 7.17. The maximum absolute atomic E-state index is 13.1. The van der Waals surface area contributed by atoms with Crippen molar-refractivity contribution >= 4 is 40.5 Å². The highest BCUT2D eigenvalue weighted by Crippen LogP contribution is 2.40. The van der Waals surface area contributed by atoms with E-state index in [1.165, 1.54) is 11.3 Å². The first-order chi connectivity index (χ1) is 18.7. The summed E-state index contributed by atoms with van der Waals surface area (Å²) in [6.07, 6.45) is 0.979. The van der Waals surface area contributed by atoms with Gasteiger partial charge in [0.05, 0.1) is 12.1 Å². The molecule has 0 aliphatic carbocycles. The maximum atomic E-state index is 13.1. The highest BCUT2D eigenvalue weighted by atomic mass is 35.5. The van der Waals surface area contributed by atoms with E-state index in [4.69, 9.17) is 16.6 Å². The molecular weight excluding hydrogens is 538 g/mol. The van der Waals surface area contributed by atoms with Crippen LogP contribution in [-0.2, 0) is 4.79 Å². The van der Waals surface area contributed by atoms with E-state index in [9.17, 15) is 14.7 Å². The Bertz CT molecular complexity index is 1410. The van der Waals surface area contributed by atoms with Crippen molar-refractivity contribution in [3.05, 3.63) is 62.5 Å². The van der Waals surface area contributed by atoms with Gasteiger partial charge in [0.1, 0.15) is 21.7 Å². The van der Waals surface area contributed by atoms with Crippen molar-refractivity contribution in [2.45, 2.75) is 32.7 Å². The van der Waals surface area contributed by atoms with Gasteiger partial charge in [-0.25, -0.2) is 4.79 Å². The number of carboxylic acid groups (broad SMARTS) is 1. The predicted molar refractivity (Wildman–Crippen MR) is 152 cm³/mol. The molecule has 0 unspecified atom stereocenters. The summed E-state index contributed by atoms with van der Waals surface area (Å²) in [6.45, 7) is 9.40. The van der Waals surface area contributed by atoms with E-state index in [1.54, 1.807) is 19.1 Å². The molecule has 39 heavy (non-hydrogen) atoms. The second-order valence-corrected chi connectivity index (χ2v) is 11.5. The fourth-order valence-corrected chi connectivity index (χ4v) is 6.41. The van der Waals surface area contributed by atoms with Crippen LogP contribution < -0.4 is 5.32 Å². The molecule has 12 heteroatoms. The normalized spacial score (nSPS) is 17.7. The molecule has 1 atom stereocenters. The number of halogens is 1. The number of thiophene rings is 1. The van der Waals surface area contributed by atoms with Crippen molar-refractivity contribution in [3.8, 4) is 5.00 Å². The topological polar surface area (TPSA) is 116 Å². The number of piperazine rings is 1. The number of carbonyl (C=O) groups is 2. The molecule has 0 radical (unpaired) electrons. The quantitative estimate of drug-likeness (QED) is 0.400. The fourth-order valence-electron chi connectivity index (χ4n) is 5.08. The van der Waals surface area contributed by atoms with Crippen molar-refractivity contribution in [2.75, 3.05) is 46.3 Å². The average molecular weight is 570 g/mol. The van der Waals surface area contributed by atoms with E-state index < -0.39 is 12.0 Å². The molecule has 1 fully saturated rings. The molecule has 2 N–H and O–H groups in total. The van der Waals surface area contributed by atoms with Crippen LogP contribution in [0, 0.1) is 13.8 Å². The van der Waals surface area contributed by atoms with Gasteiger partial charge in [-0.2, -0.15) is 0 Å². The smallest absolute Gasteiger partial charge is 0.346 e. The number of carboxylic acids is 1. The number of carbonyl (C=O) groups excluding carboxylic acids is 1. The number of aliphatic imine (C=N–C) groups is 1. The first-order valence-corrected chi connectivity index (χ1v) is 14.2. The van der Waals surface area contributed by atoms with E-state index in [1.807, 2.05) is 23.6 Å². The third-order valence-corrected chi connectivity index (χ3v) is 8.78. The van der Waals surface area contributed by atoms with E-state index in [-0.39, 0.29) is 17.2 Å². The van der Waals surface area contributed by atoms with Crippen LogP contribution in [0.3, 0.4) is 0 Å². The summed E-state index contributed by atoms with van der Waals surface area (Å²) in [6, 6.07) is 6.67. The molecule has 2 aliphatic rings. The summed E-state index contributed by atoms with van der Waals surface area (Å²) in [4.78, 5) is 35.2. The Balaban J connectivity index is 1.42. The van der Waals surface area contributed by atoms with E-state index in [2.05, 4.69) is 32.4 Å². The van der Waals surface area contributed by atoms with Gasteiger partial charge in [-0.3, -0.25) is 14.4 Å². The largest absolute Gasteiger partial charge is 0.477 e. The summed E-state index contributed by atoms with van der Waals surface area (Å²) in [7, 11) is 2.14. The number of aromatic carboxylic acids is 1. The standard InChI is InChI=1S/C27H32ClN7O3S/c1-16-22-23(18-5-7-19(28)8-6-18)30-20(15-21(36)29-9-4-10-34-13-11-33(3)12-14-34)25-32-31-17(2)35(25)26(22)39-24(16)27(37)38/h5-8,20H,4,9-15H2,1-3H3,(H,29,36)(H,37,38)/t20-/m1/s1. The van der Waals surface area contributed by atoms with Gasteiger partial charge in [-0.05, 0) is 51.6 Å². The second-order valence-electron chi connectivity index (χ2n) is 10.0. The van der Waals surface area contributed by atoms with Gasteiger partial charge in [0.15, 0.2) is 5.82 Å². The molecule has 1 aromatic carbocycles. The number of aromatic nitrogens is 3. The Morgan fingerprint density at radius 1 is 1.13 bits per heavy atom. The van der Waals surface area contributed by atoms with Gasteiger partial charge < -0.3 is 20.2 Å². The third-order valence-electron chi connectivity index (χ3n) is 7.26. The Kier molecular flexibility index (Phi) is 8.13. The van der Waals surface area contributed by atoms with Crippen molar-refractivity contribution < 1.29 is 14.7 Å². The molecule has 0 bridgehead atoms. The molecule has 5 rings (SSSR count). The lowest BCUT2D eigenvalue weighted by Gasteiger charge is -2.32. The molecule has 10 nitrogen and oxygen atoms in total. The van der Waals surface area contributed by atoms with Crippen LogP contribution >= 0.6 is 22.9 Å². The number of rotatable bonds is 8. The number of benzene rings is 1. The van der Waals surface area contributed by atoms with Crippen LogP contribution in [0.5, 0.6) is 0 Å². The minimum atomic E-state index is -0.999. The summed E-state index contributed by atoms with van der Waals surface area (Å²) in [5.41, 5.74) is 2.72. The summed E-state index contributed by atoms with van der Waals surface area (Å²) >= 11 is 7.32. The van der Waals surface area contributed by atoms with Crippen LogP contribution in [0.1, 0.15) is 56.9 Å². The van der Waals surface area contributed by atoms with Crippen LogP contribution in [0.4, 0.5) is 0 Å². The maximum Gasteiger partial charge on any atom is 0.346 e. The molecule has 1 amide bonds. The van der Waals surface area contributed by atoms with Gasteiger partial charge in [-0.1, -0.05) is 23.7 Å². The van der Waals surface area contributed by atoms with Crippen molar-refractivity contribution in [1.82, 2.24) is 29.9 Å². The highest BCUT2D eigenvalue weighted by Gasteiger charge is 2.34. The fraction of sp³-hybridized carbons (Fsp3) is 0.444. The number of hydrogen-bond acceptors (Lipinski definition) is 8. The molecule has 0 spiro atoms. The first kappa shape index (κ1) is 27.4. The Labute approximate surface area is 236 Å². The van der Waals surface area contributed by atoms with Crippen molar-refractivity contribution in [2.24, 2.45) is 4.99 Å². The van der Waals surface area contributed by atoms with E-state index in [0.717, 1.165) is 44.7 Å². The predicted octanol–water partition coefficient (Wildman–Crippen LogP) is 3.33. The molecule has 2 aromatic heterocycles. The van der Waals surface area contributed by atoms with Gasteiger partial charge in [-0.15, -0.1) is 21.5 Å². The molecule has 4 heterocycles. The number of aryl methyl sites for hydroxylation is 1. The molecule has 3 aromatic rings. The lowest BCUT2D eigenvalue weighted by Crippen LogP contribution is -2.45.